The molecule has 4 rings (SSSR count). The quantitative estimate of drug-likeness (QED) is 0.492. The molecule has 0 unspecified atom stereocenters. The minimum atomic E-state index is -0.318. The van der Waals surface area contributed by atoms with Gasteiger partial charge in [0.25, 0.3) is 5.91 Å². The first-order valence-corrected chi connectivity index (χ1v) is 9.60. The summed E-state index contributed by atoms with van der Waals surface area (Å²) in [6.45, 7) is 0.417. The summed E-state index contributed by atoms with van der Waals surface area (Å²) in [6, 6.07) is 16.4. The van der Waals surface area contributed by atoms with Gasteiger partial charge in [-0.1, -0.05) is 6.07 Å². The molecule has 0 saturated carbocycles. The second kappa shape index (κ2) is 8.74. The van der Waals surface area contributed by atoms with E-state index in [0.29, 0.717) is 35.1 Å². The van der Waals surface area contributed by atoms with E-state index in [9.17, 15) is 4.79 Å². The van der Waals surface area contributed by atoms with Crippen LogP contribution in [-0.4, -0.2) is 42.0 Å². The zero-order valence-electron chi connectivity index (χ0n) is 17.5. The first kappa shape index (κ1) is 20.2. The fraction of sp³-hybridized carbons (Fsp3) is 0.174. The number of carbonyl (C=O) groups is 1. The number of nitrogens with zero attached hydrogens (tertiary/aromatic N) is 3. The summed E-state index contributed by atoms with van der Waals surface area (Å²) < 4.78 is 17.6. The molecular formula is C23H22N4O4. The van der Waals surface area contributed by atoms with Crippen LogP contribution in [0.5, 0.6) is 17.2 Å². The average molecular weight is 418 g/mol. The molecule has 0 saturated heterocycles. The van der Waals surface area contributed by atoms with Gasteiger partial charge in [0.05, 0.1) is 39.6 Å². The van der Waals surface area contributed by atoms with Crippen molar-refractivity contribution in [1.29, 1.82) is 0 Å². The minimum Gasteiger partial charge on any atom is -0.497 e. The van der Waals surface area contributed by atoms with Crippen molar-refractivity contribution >= 4 is 22.6 Å². The molecule has 8 heteroatoms. The van der Waals surface area contributed by atoms with Crippen LogP contribution >= 0.6 is 0 Å². The number of methoxy groups -OCH3 is 3. The first-order valence-electron chi connectivity index (χ1n) is 9.60. The summed E-state index contributed by atoms with van der Waals surface area (Å²) in [4.78, 5) is 17.3. The molecule has 0 atom stereocenters. The van der Waals surface area contributed by atoms with Crippen molar-refractivity contribution in [2.75, 3.05) is 26.6 Å². The van der Waals surface area contributed by atoms with Gasteiger partial charge in [0.2, 0.25) is 0 Å². The van der Waals surface area contributed by atoms with Gasteiger partial charge in [0.15, 0.2) is 0 Å². The molecule has 1 N–H and O–H groups in total. The van der Waals surface area contributed by atoms with E-state index >= 15 is 0 Å². The van der Waals surface area contributed by atoms with Gasteiger partial charge >= 0.3 is 0 Å². The van der Waals surface area contributed by atoms with E-state index in [1.807, 2.05) is 42.5 Å². The Hall–Kier alpha value is -4.07. The smallest absolute Gasteiger partial charge is 0.275 e. The van der Waals surface area contributed by atoms with Crippen molar-refractivity contribution in [3.8, 4) is 17.2 Å². The Bertz CT molecular complexity index is 1240. The SMILES string of the molecule is COc1ccc(Cn2nccc2NC(=O)c2ccc3cc(OC)ccc3n2)c(OC)c1. The second-order valence-corrected chi connectivity index (χ2v) is 6.76. The highest BCUT2D eigenvalue weighted by Gasteiger charge is 2.14. The van der Waals surface area contributed by atoms with Gasteiger partial charge in [-0.2, -0.15) is 5.10 Å². The number of hydrogen-bond acceptors (Lipinski definition) is 6. The van der Waals surface area contributed by atoms with Crippen molar-refractivity contribution < 1.29 is 19.0 Å². The second-order valence-electron chi connectivity index (χ2n) is 6.76. The number of rotatable bonds is 7. The zero-order chi connectivity index (χ0) is 21.8. The summed E-state index contributed by atoms with van der Waals surface area (Å²) in [5, 5.41) is 8.11. The molecule has 0 aliphatic carbocycles. The predicted molar refractivity (Wildman–Crippen MR) is 117 cm³/mol. The minimum absolute atomic E-state index is 0.312. The highest BCUT2D eigenvalue weighted by molar-refractivity contribution is 6.03. The van der Waals surface area contributed by atoms with Crippen LogP contribution in [0, 0.1) is 0 Å². The molecule has 0 aliphatic rings. The zero-order valence-corrected chi connectivity index (χ0v) is 17.5. The number of anilines is 1. The van der Waals surface area contributed by atoms with Gasteiger partial charge < -0.3 is 19.5 Å². The lowest BCUT2D eigenvalue weighted by atomic mass is 10.2. The standard InChI is InChI=1S/C23H22N4O4/c1-29-17-7-9-19-15(12-17)5-8-20(25-19)23(28)26-22-10-11-24-27(22)14-16-4-6-18(30-2)13-21(16)31-3/h4-13H,14H2,1-3H3,(H,26,28). The van der Waals surface area contributed by atoms with Crippen LogP contribution in [0.3, 0.4) is 0 Å². The largest absolute Gasteiger partial charge is 0.497 e. The lowest BCUT2D eigenvalue weighted by Gasteiger charge is -2.13. The molecule has 0 bridgehead atoms. The summed E-state index contributed by atoms with van der Waals surface area (Å²) >= 11 is 0. The van der Waals surface area contributed by atoms with Crippen LogP contribution in [0.1, 0.15) is 16.1 Å². The number of carbonyl (C=O) groups excluding carboxylic acids is 1. The molecule has 2 heterocycles. The number of hydrogen-bond donors (Lipinski definition) is 1. The lowest BCUT2D eigenvalue weighted by Crippen LogP contribution is -2.17. The third-order valence-electron chi connectivity index (χ3n) is 4.90. The molecule has 8 nitrogen and oxygen atoms in total. The maximum absolute atomic E-state index is 12.8. The molecule has 0 fully saturated rings. The highest BCUT2D eigenvalue weighted by atomic mass is 16.5. The number of ether oxygens (including phenoxy) is 3. The molecule has 4 aromatic rings. The normalized spacial score (nSPS) is 10.7. The molecule has 158 valence electrons. The Balaban J connectivity index is 1.54. The van der Waals surface area contributed by atoms with Crippen LogP contribution in [0.15, 0.2) is 60.8 Å². The maximum atomic E-state index is 12.8. The molecule has 0 radical (unpaired) electrons. The molecular weight excluding hydrogens is 396 g/mol. The number of fused-ring (bicyclic) bond motifs is 1. The molecule has 0 spiro atoms. The topological polar surface area (TPSA) is 87.5 Å². The van der Waals surface area contributed by atoms with Crippen LogP contribution in [0.4, 0.5) is 5.82 Å². The molecule has 2 aromatic carbocycles. The first-order chi connectivity index (χ1) is 15.1. The Morgan fingerprint density at radius 2 is 1.71 bits per heavy atom. The number of benzene rings is 2. The van der Waals surface area contributed by atoms with Crippen molar-refractivity contribution in [2.24, 2.45) is 0 Å². The van der Waals surface area contributed by atoms with Gasteiger partial charge in [0.1, 0.15) is 28.8 Å². The van der Waals surface area contributed by atoms with Crippen LogP contribution in [0.25, 0.3) is 10.9 Å². The van der Waals surface area contributed by atoms with Crippen LogP contribution in [-0.2, 0) is 6.54 Å². The monoisotopic (exact) mass is 418 g/mol. The molecule has 0 aliphatic heterocycles. The Morgan fingerprint density at radius 1 is 0.935 bits per heavy atom. The van der Waals surface area contributed by atoms with Crippen molar-refractivity contribution in [1.82, 2.24) is 14.8 Å². The van der Waals surface area contributed by atoms with E-state index in [1.54, 1.807) is 44.3 Å². The van der Waals surface area contributed by atoms with Crippen molar-refractivity contribution in [3.63, 3.8) is 0 Å². The third kappa shape index (κ3) is 4.28. The van der Waals surface area contributed by atoms with Crippen LogP contribution in [0.2, 0.25) is 0 Å². The van der Waals surface area contributed by atoms with Crippen molar-refractivity contribution in [3.05, 3.63) is 72.1 Å². The van der Waals surface area contributed by atoms with E-state index < -0.39 is 0 Å². The number of amides is 1. The van der Waals surface area contributed by atoms with E-state index in [0.717, 1.165) is 16.7 Å². The number of pyridine rings is 1. The average Bonchev–Trinajstić information content (AvgIpc) is 3.24. The van der Waals surface area contributed by atoms with Crippen molar-refractivity contribution in [2.45, 2.75) is 6.54 Å². The van der Waals surface area contributed by atoms with Gasteiger partial charge in [0, 0.05) is 23.1 Å². The van der Waals surface area contributed by atoms with Crippen LogP contribution < -0.4 is 19.5 Å². The van der Waals surface area contributed by atoms with Gasteiger partial charge in [-0.25, -0.2) is 9.67 Å². The fourth-order valence-corrected chi connectivity index (χ4v) is 3.25. The predicted octanol–water partition coefficient (Wildman–Crippen LogP) is 3.76. The summed E-state index contributed by atoms with van der Waals surface area (Å²) in [6.07, 6.45) is 1.63. The number of aromatic nitrogens is 3. The summed E-state index contributed by atoms with van der Waals surface area (Å²) in [7, 11) is 4.82. The maximum Gasteiger partial charge on any atom is 0.275 e. The Labute approximate surface area is 179 Å². The van der Waals surface area contributed by atoms with E-state index in [1.165, 1.54) is 0 Å². The Morgan fingerprint density at radius 3 is 2.48 bits per heavy atom. The summed E-state index contributed by atoms with van der Waals surface area (Å²) in [5.41, 5.74) is 1.93. The van der Waals surface area contributed by atoms with Gasteiger partial charge in [-0.15, -0.1) is 0 Å². The molecule has 1 amide bonds. The van der Waals surface area contributed by atoms with Gasteiger partial charge in [-0.05, 0) is 36.4 Å². The van der Waals surface area contributed by atoms with E-state index in [4.69, 9.17) is 14.2 Å². The fourth-order valence-electron chi connectivity index (χ4n) is 3.25. The van der Waals surface area contributed by atoms with E-state index in [-0.39, 0.29) is 5.91 Å². The van der Waals surface area contributed by atoms with Gasteiger partial charge in [-0.3, -0.25) is 4.79 Å². The molecule has 2 aromatic heterocycles. The lowest BCUT2D eigenvalue weighted by molar-refractivity contribution is 0.102. The highest BCUT2D eigenvalue weighted by Crippen LogP contribution is 2.26. The molecule has 31 heavy (non-hydrogen) atoms. The Kier molecular flexibility index (Phi) is 5.70. The summed E-state index contributed by atoms with van der Waals surface area (Å²) in [5.74, 6) is 2.36. The third-order valence-corrected chi connectivity index (χ3v) is 4.90. The number of nitrogens with one attached hydrogen (secondary N) is 1. The van der Waals surface area contributed by atoms with E-state index in [2.05, 4.69) is 15.4 Å².